The zero-order valence-corrected chi connectivity index (χ0v) is 12.3. The van der Waals surface area contributed by atoms with E-state index in [0.29, 0.717) is 12.2 Å². The molecule has 0 aromatic carbocycles. The third kappa shape index (κ3) is 5.26. The summed E-state index contributed by atoms with van der Waals surface area (Å²) in [6.07, 6.45) is 2.77. The number of carbonyl (C=O) groups excluding carboxylic acids is 1. The summed E-state index contributed by atoms with van der Waals surface area (Å²) in [5, 5.41) is 3.24. The molecule has 1 N–H and O–H groups in total. The Balaban J connectivity index is 2.56. The lowest BCUT2D eigenvalue weighted by atomic mass is 10.3. The highest BCUT2D eigenvalue weighted by molar-refractivity contribution is 5.92. The summed E-state index contributed by atoms with van der Waals surface area (Å²) in [5.41, 5.74) is 1.44. The fourth-order valence-electron chi connectivity index (χ4n) is 1.54. The Kier molecular flexibility index (Phi) is 6.29. The average Bonchev–Trinajstić information content (AvgIpc) is 2.42. The molecule has 0 aliphatic heterocycles. The van der Waals surface area contributed by atoms with Gasteiger partial charge in [0, 0.05) is 26.7 Å². The highest BCUT2D eigenvalue weighted by Gasteiger charge is 2.12. The Morgan fingerprint density at radius 3 is 2.53 bits per heavy atom. The molecule has 1 aromatic rings. The van der Waals surface area contributed by atoms with E-state index >= 15 is 0 Å². The van der Waals surface area contributed by atoms with E-state index < -0.39 is 0 Å². The normalized spacial score (nSPS) is 10.6. The van der Waals surface area contributed by atoms with Crippen molar-refractivity contribution in [3.05, 3.63) is 24.0 Å². The molecule has 0 atom stereocenters. The second-order valence-electron chi connectivity index (χ2n) is 4.89. The van der Waals surface area contributed by atoms with E-state index in [1.54, 1.807) is 24.2 Å². The molecule has 0 aliphatic carbocycles. The van der Waals surface area contributed by atoms with Crippen molar-refractivity contribution in [2.45, 2.75) is 13.3 Å². The third-order valence-electron chi connectivity index (χ3n) is 2.79. The molecule has 0 saturated heterocycles. The second kappa shape index (κ2) is 7.74. The van der Waals surface area contributed by atoms with Crippen LogP contribution in [0.25, 0.3) is 0 Å². The zero-order chi connectivity index (χ0) is 14.3. The van der Waals surface area contributed by atoms with Gasteiger partial charge in [0.05, 0.1) is 11.9 Å². The summed E-state index contributed by atoms with van der Waals surface area (Å²) in [6.45, 7) is 4.57. The summed E-state index contributed by atoms with van der Waals surface area (Å²) >= 11 is 0. The fraction of sp³-hybridized carbons (Fsp3) is 0.571. The Bertz CT molecular complexity index is 389. The number of hydrogen-bond acceptors (Lipinski definition) is 4. The molecule has 1 heterocycles. The van der Waals surface area contributed by atoms with E-state index in [1.165, 1.54) is 0 Å². The summed E-state index contributed by atoms with van der Waals surface area (Å²) in [7, 11) is 5.78. The van der Waals surface area contributed by atoms with Crippen LogP contribution in [0.2, 0.25) is 0 Å². The van der Waals surface area contributed by atoms with E-state index in [2.05, 4.69) is 22.1 Å². The maximum absolute atomic E-state index is 12.1. The summed E-state index contributed by atoms with van der Waals surface area (Å²) in [5.74, 6) is -0.0381. The van der Waals surface area contributed by atoms with Crippen LogP contribution in [0.3, 0.4) is 0 Å². The molecule has 0 radical (unpaired) electrons. The molecule has 0 unspecified atom stereocenters. The van der Waals surface area contributed by atoms with E-state index in [-0.39, 0.29) is 5.91 Å². The van der Waals surface area contributed by atoms with Crippen molar-refractivity contribution >= 4 is 11.6 Å². The minimum atomic E-state index is -0.0381. The summed E-state index contributed by atoms with van der Waals surface area (Å²) < 4.78 is 0. The number of pyridine rings is 1. The number of amides is 1. The molecule has 5 nitrogen and oxygen atoms in total. The largest absolute Gasteiger partial charge is 0.384 e. The van der Waals surface area contributed by atoms with Crippen LogP contribution in [0.4, 0.5) is 5.69 Å². The molecule has 5 heteroatoms. The second-order valence-corrected chi connectivity index (χ2v) is 4.89. The maximum atomic E-state index is 12.1. The molecule has 19 heavy (non-hydrogen) atoms. The highest BCUT2D eigenvalue weighted by Crippen LogP contribution is 2.07. The minimum Gasteiger partial charge on any atom is -0.384 e. The molecule has 0 fully saturated rings. The Hall–Kier alpha value is -1.62. The van der Waals surface area contributed by atoms with Gasteiger partial charge >= 0.3 is 0 Å². The fourth-order valence-corrected chi connectivity index (χ4v) is 1.54. The summed E-state index contributed by atoms with van der Waals surface area (Å²) in [6, 6.07) is 3.67. The van der Waals surface area contributed by atoms with E-state index in [1.807, 2.05) is 20.2 Å². The quantitative estimate of drug-likeness (QED) is 0.811. The van der Waals surface area contributed by atoms with Crippen molar-refractivity contribution in [2.75, 3.05) is 46.1 Å². The third-order valence-corrected chi connectivity index (χ3v) is 2.79. The van der Waals surface area contributed by atoms with Crippen LogP contribution < -0.4 is 5.32 Å². The lowest BCUT2D eigenvalue weighted by Gasteiger charge is -2.19. The van der Waals surface area contributed by atoms with Crippen molar-refractivity contribution in [3.8, 4) is 0 Å². The van der Waals surface area contributed by atoms with Crippen molar-refractivity contribution < 1.29 is 4.79 Å². The van der Waals surface area contributed by atoms with Gasteiger partial charge in [-0.2, -0.15) is 0 Å². The number of nitrogens with zero attached hydrogens (tertiary/aromatic N) is 3. The van der Waals surface area contributed by atoms with Crippen LogP contribution in [0.5, 0.6) is 0 Å². The number of carbonyl (C=O) groups is 1. The molecule has 0 spiro atoms. The van der Waals surface area contributed by atoms with Crippen LogP contribution in [0.1, 0.15) is 23.8 Å². The van der Waals surface area contributed by atoms with Gasteiger partial charge < -0.3 is 15.1 Å². The zero-order valence-electron chi connectivity index (χ0n) is 12.3. The number of likely N-dealkylation sites (N-methyl/N-ethyl adjacent to an activating group) is 2. The number of rotatable bonds is 7. The lowest BCUT2D eigenvalue weighted by molar-refractivity contribution is 0.0780. The number of aromatic nitrogens is 1. The molecule has 0 bridgehead atoms. The van der Waals surface area contributed by atoms with E-state index in [0.717, 1.165) is 25.2 Å². The van der Waals surface area contributed by atoms with Crippen molar-refractivity contribution in [1.82, 2.24) is 14.8 Å². The maximum Gasteiger partial charge on any atom is 0.272 e. The molecular weight excluding hydrogens is 240 g/mol. The first-order valence-corrected chi connectivity index (χ1v) is 6.64. The molecule has 1 amide bonds. The van der Waals surface area contributed by atoms with Crippen LogP contribution >= 0.6 is 0 Å². The number of nitrogens with one attached hydrogen (secondary N) is 1. The minimum absolute atomic E-state index is 0.0381. The Morgan fingerprint density at radius 1 is 1.26 bits per heavy atom. The van der Waals surface area contributed by atoms with Gasteiger partial charge in [0.2, 0.25) is 0 Å². The molecule has 1 rings (SSSR count). The van der Waals surface area contributed by atoms with Gasteiger partial charge in [-0.1, -0.05) is 6.92 Å². The van der Waals surface area contributed by atoms with Crippen molar-refractivity contribution in [1.29, 1.82) is 0 Å². The predicted octanol–water partition coefficient (Wildman–Crippen LogP) is 1.54. The molecular formula is C14H24N4O. The van der Waals surface area contributed by atoms with E-state index in [9.17, 15) is 4.79 Å². The molecule has 106 valence electrons. The van der Waals surface area contributed by atoms with Crippen LogP contribution in [-0.4, -0.2) is 61.5 Å². The van der Waals surface area contributed by atoms with Crippen molar-refractivity contribution in [3.63, 3.8) is 0 Å². The molecule has 1 aromatic heterocycles. The number of hydrogen-bond donors (Lipinski definition) is 1. The van der Waals surface area contributed by atoms with Crippen LogP contribution in [0, 0.1) is 0 Å². The topological polar surface area (TPSA) is 48.5 Å². The van der Waals surface area contributed by atoms with Gasteiger partial charge in [0.25, 0.3) is 5.91 Å². The van der Waals surface area contributed by atoms with Crippen molar-refractivity contribution in [2.24, 2.45) is 0 Å². The Morgan fingerprint density at radius 2 is 2.00 bits per heavy atom. The van der Waals surface area contributed by atoms with Crippen LogP contribution in [-0.2, 0) is 0 Å². The smallest absolute Gasteiger partial charge is 0.272 e. The standard InChI is InChI=1S/C14H24N4O/c1-5-8-15-12-6-7-13(16-11-12)14(19)18(4)10-9-17(2)3/h6-7,11,15H,5,8-10H2,1-4H3. The first-order valence-electron chi connectivity index (χ1n) is 6.64. The van der Waals surface area contributed by atoms with E-state index in [4.69, 9.17) is 0 Å². The van der Waals surface area contributed by atoms with Gasteiger partial charge in [-0.3, -0.25) is 4.79 Å². The monoisotopic (exact) mass is 264 g/mol. The SMILES string of the molecule is CCCNc1ccc(C(=O)N(C)CCN(C)C)nc1. The van der Waals surface area contributed by atoms with Crippen LogP contribution in [0.15, 0.2) is 18.3 Å². The highest BCUT2D eigenvalue weighted by atomic mass is 16.2. The Labute approximate surface area is 115 Å². The first-order chi connectivity index (χ1) is 9.04. The van der Waals surface area contributed by atoms with Gasteiger partial charge in [-0.15, -0.1) is 0 Å². The molecule has 0 saturated carbocycles. The van der Waals surface area contributed by atoms with Gasteiger partial charge in [0.15, 0.2) is 0 Å². The van der Waals surface area contributed by atoms with Gasteiger partial charge in [-0.05, 0) is 32.6 Å². The lowest BCUT2D eigenvalue weighted by Crippen LogP contribution is -2.33. The number of anilines is 1. The van der Waals surface area contributed by atoms with Gasteiger partial charge in [0.1, 0.15) is 5.69 Å². The first kappa shape index (κ1) is 15.4. The predicted molar refractivity (Wildman–Crippen MR) is 78.5 cm³/mol. The average molecular weight is 264 g/mol. The van der Waals surface area contributed by atoms with Gasteiger partial charge in [-0.25, -0.2) is 4.98 Å². The molecule has 0 aliphatic rings. The summed E-state index contributed by atoms with van der Waals surface area (Å²) in [4.78, 5) is 20.1.